The minimum absolute atomic E-state index is 0.101. The fourth-order valence-corrected chi connectivity index (χ4v) is 1.50. The van der Waals surface area contributed by atoms with Crippen molar-refractivity contribution in [1.82, 2.24) is 20.0 Å². The fraction of sp³-hybridized carbons (Fsp3) is 0.222. The van der Waals surface area contributed by atoms with Gasteiger partial charge in [-0.2, -0.15) is 0 Å². The minimum atomic E-state index is -0.101. The number of halogens is 1. The monoisotopic (exact) mass is 268 g/mol. The Labute approximate surface area is 94.9 Å². The van der Waals surface area contributed by atoms with Crippen molar-refractivity contribution in [3.05, 3.63) is 28.5 Å². The van der Waals surface area contributed by atoms with E-state index in [1.807, 2.05) is 12.1 Å². The molecule has 0 aromatic carbocycles. The molecule has 0 unspecified atom stereocenters. The van der Waals surface area contributed by atoms with Crippen molar-refractivity contribution in [2.45, 2.75) is 6.61 Å². The van der Waals surface area contributed by atoms with Crippen LogP contribution in [0.25, 0.3) is 11.4 Å². The van der Waals surface area contributed by atoms with Gasteiger partial charge in [-0.15, -0.1) is 5.10 Å². The van der Waals surface area contributed by atoms with E-state index in [2.05, 4.69) is 31.2 Å². The molecular formula is C9H9BrN4O. The van der Waals surface area contributed by atoms with E-state index in [0.717, 1.165) is 4.47 Å². The molecule has 2 aromatic rings. The topological polar surface area (TPSA) is 63.8 Å². The highest BCUT2D eigenvalue weighted by atomic mass is 79.9. The molecule has 6 heteroatoms. The van der Waals surface area contributed by atoms with Gasteiger partial charge in [0.1, 0.15) is 5.69 Å². The molecule has 0 atom stereocenters. The Bertz CT molecular complexity index is 465. The lowest BCUT2D eigenvalue weighted by atomic mass is 10.2. The Morgan fingerprint density at radius 3 is 2.87 bits per heavy atom. The van der Waals surface area contributed by atoms with Crippen LogP contribution in [0.3, 0.4) is 0 Å². The summed E-state index contributed by atoms with van der Waals surface area (Å²) in [6.07, 6.45) is 1.69. The molecule has 0 aliphatic rings. The first kappa shape index (κ1) is 10.3. The molecule has 1 N–H and O–H groups in total. The number of rotatable bonds is 2. The summed E-state index contributed by atoms with van der Waals surface area (Å²) in [7, 11) is 1.74. The maximum Gasteiger partial charge on any atom is 0.136 e. The van der Waals surface area contributed by atoms with Gasteiger partial charge in [0, 0.05) is 17.7 Å². The highest BCUT2D eigenvalue weighted by Crippen LogP contribution is 2.19. The third-order valence-corrected chi connectivity index (χ3v) is 2.53. The number of aryl methyl sites for hydroxylation is 1. The summed E-state index contributed by atoms with van der Waals surface area (Å²) in [5.74, 6) is 0. The molecule has 0 aliphatic heterocycles. The van der Waals surface area contributed by atoms with Gasteiger partial charge in [-0.1, -0.05) is 5.21 Å². The molecule has 15 heavy (non-hydrogen) atoms. The molecule has 0 radical (unpaired) electrons. The van der Waals surface area contributed by atoms with E-state index < -0.39 is 0 Å². The summed E-state index contributed by atoms with van der Waals surface area (Å²) in [6.45, 7) is -0.101. The Morgan fingerprint density at radius 1 is 1.47 bits per heavy atom. The number of hydrogen-bond donors (Lipinski definition) is 1. The van der Waals surface area contributed by atoms with Crippen LogP contribution in [0.1, 0.15) is 5.69 Å². The summed E-state index contributed by atoms with van der Waals surface area (Å²) in [5.41, 5.74) is 1.98. The molecular weight excluding hydrogens is 260 g/mol. The largest absolute Gasteiger partial charge is 0.390 e. The third kappa shape index (κ3) is 1.91. The number of hydrogen-bond acceptors (Lipinski definition) is 4. The van der Waals surface area contributed by atoms with Gasteiger partial charge < -0.3 is 5.11 Å². The predicted molar refractivity (Wildman–Crippen MR) is 57.9 cm³/mol. The van der Waals surface area contributed by atoms with E-state index in [-0.39, 0.29) is 6.61 Å². The molecule has 0 amide bonds. The first-order valence-electron chi connectivity index (χ1n) is 4.33. The van der Waals surface area contributed by atoms with Crippen LogP contribution < -0.4 is 0 Å². The van der Waals surface area contributed by atoms with E-state index in [1.54, 1.807) is 17.9 Å². The molecule has 0 fully saturated rings. The van der Waals surface area contributed by atoms with Gasteiger partial charge in [-0.25, -0.2) is 4.68 Å². The second-order valence-corrected chi connectivity index (χ2v) is 3.94. The SMILES string of the molecule is Cn1nnc(-c2ccc(Br)cn2)c1CO. The van der Waals surface area contributed by atoms with Gasteiger partial charge in [0.2, 0.25) is 0 Å². The Kier molecular flexibility index (Phi) is 2.79. The lowest BCUT2D eigenvalue weighted by molar-refractivity contribution is 0.271. The lowest BCUT2D eigenvalue weighted by Gasteiger charge is -1.99. The van der Waals surface area contributed by atoms with Crippen LogP contribution in [0, 0.1) is 0 Å². The van der Waals surface area contributed by atoms with Crippen LogP contribution in [0.5, 0.6) is 0 Å². The highest BCUT2D eigenvalue weighted by Gasteiger charge is 2.12. The predicted octanol–water partition coefficient (Wildman–Crippen LogP) is 1.13. The highest BCUT2D eigenvalue weighted by molar-refractivity contribution is 9.10. The van der Waals surface area contributed by atoms with Gasteiger partial charge in [-0.05, 0) is 28.1 Å². The first-order valence-corrected chi connectivity index (χ1v) is 5.13. The van der Waals surface area contributed by atoms with E-state index >= 15 is 0 Å². The molecule has 0 bridgehead atoms. The zero-order chi connectivity index (χ0) is 10.8. The van der Waals surface area contributed by atoms with Gasteiger partial charge in [-0.3, -0.25) is 4.98 Å². The summed E-state index contributed by atoms with van der Waals surface area (Å²) in [6, 6.07) is 3.70. The number of nitrogens with zero attached hydrogens (tertiary/aromatic N) is 4. The number of aliphatic hydroxyl groups is 1. The van der Waals surface area contributed by atoms with Crippen LogP contribution >= 0.6 is 15.9 Å². The fourth-order valence-electron chi connectivity index (χ4n) is 1.27. The third-order valence-electron chi connectivity index (χ3n) is 2.06. The van der Waals surface area contributed by atoms with Gasteiger partial charge in [0.05, 0.1) is 18.0 Å². The second kappa shape index (κ2) is 4.08. The summed E-state index contributed by atoms with van der Waals surface area (Å²) < 4.78 is 2.44. The van der Waals surface area contributed by atoms with Crippen molar-refractivity contribution in [3.8, 4) is 11.4 Å². The molecule has 0 aliphatic carbocycles. The van der Waals surface area contributed by atoms with Crippen molar-refractivity contribution in [2.75, 3.05) is 0 Å². The van der Waals surface area contributed by atoms with Crippen LogP contribution in [0.4, 0.5) is 0 Å². The molecule has 0 spiro atoms. The van der Waals surface area contributed by atoms with Crippen molar-refractivity contribution < 1.29 is 5.11 Å². The van der Waals surface area contributed by atoms with Crippen LogP contribution in [-0.2, 0) is 13.7 Å². The van der Waals surface area contributed by atoms with Crippen LogP contribution in [-0.4, -0.2) is 25.1 Å². The molecule has 0 saturated heterocycles. The van der Waals surface area contributed by atoms with Gasteiger partial charge >= 0.3 is 0 Å². The van der Waals surface area contributed by atoms with Crippen molar-refractivity contribution in [2.24, 2.45) is 7.05 Å². The second-order valence-electron chi connectivity index (χ2n) is 3.03. The van der Waals surface area contributed by atoms with Crippen molar-refractivity contribution in [3.63, 3.8) is 0 Å². The Morgan fingerprint density at radius 2 is 2.27 bits per heavy atom. The average molecular weight is 269 g/mol. The molecule has 0 saturated carbocycles. The smallest absolute Gasteiger partial charge is 0.136 e. The minimum Gasteiger partial charge on any atom is -0.390 e. The molecule has 78 valence electrons. The molecule has 2 heterocycles. The summed E-state index contributed by atoms with van der Waals surface area (Å²) in [4.78, 5) is 4.20. The molecule has 2 aromatic heterocycles. The van der Waals surface area contributed by atoms with E-state index in [1.165, 1.54) is 0 Å². The zero-order valence-corrected chi connectivity index (χ0v) is 9.64. The zero-order valence-electron chi connectivity index (χ0n) is 8.05. The standard InChI is InChI=1S/C9H9BrN4O/c1-14-8(5-15)9(12-13-14)7-3-2-6(10)4-11-7/h2-4,15H,5H2,1H3. The Hall–Kier alpha value is -1.27. The average Bonchev–Trinajstić information content (AvgIpc) is 2.61. The van der Waals surface area contributed by atoms with Crippen molar-refractivity contribution in [1.29, 1.82) is 0 Å². The first-order chi connectivity index (χ1) is 7.22. The van der Waals surface area contributed by atoms with E-state index in [4.69, 9.17) is 5.11 Å². The normalized spacial score (nSPS) is 10.6. The number of aromatic nitrogens is 4. The molecule has 2 rings (SSSR count). The van der Waals surface area contributed by atoms with Crippen LogP contribution in [0.15, 0.2) is 22.8 Å². The van der Waals surface area contributed by atoms with E-state index in [9.17, 15) is 0 Å². The van der Waals surface area contributed by atoms with Crippen LogP contribution in [0.2, 0.25) is 0 Å². The summed E-state index contributed by atoms with van der Waals surface area (Å²) >= 11 is 3.31. The molecule has 5 nitrogen and oxygen atoms in total. The number of pyridine rings is 1. The number of aliphatic hydroxyl groups excluding tert-OH is 1. The summed E-state index contributed by atoms with van der Waals surface area (Å²) in [5, 5.41) is 17.0. The maximum absolute atomic E-state index is 9.17. The maximum atomic E-state index is 9.17. The van der Waals surface area contributed by atoms with E-state index in [0.29, 0.717) is 17.1 Å². The van der Waals surface area contributed by atoms with Gasteiger partial charge in [0.15, 0.2) is 0 Å². The Balaban J connectivity index is 2.49. The quantitative estimate of drug-likeness (QED) is 0.887. The van der Waals surface area contributed by atoms with Gasteiger partial charge in [0.25, 0.3) is 0 Å². The lowest BCUT2D eigenvalue weighted by Crippen LogP contribution is -1.98. The van der Waals surface area contributed by atoms with Crippen molar-refractivity contribution >= 4 is 15.9 Å².